The van der Waals surface area contributed by atoms with Crippen LogP contribution in [0.2, 0.25) is 5.02 Å². The summed E-state index contributed by atoms with van der Waals surface area (Å²) >= 11 is 9.32. The highest BCUT2D eigenvalue weighted by atomic mass is 79.9. The van der Waals surface area contributed by atoms with Gasteiger partial charge in [0.2, 0.25) is 10.0 Å². The van der Waals surface area contributed by atoms with Crippen molar-refractivity contribution in [2.24, 2.45) is 0 Å². The summed E-state index contributed by atoms with van der Waals surface area (Å²) in [5, 5.41) is 17.1. The van der Waals surface area contributed by atoms with Gasteiger partial charge in [0.25, 0.3) is 0 Å². The maximum absolute atomic E-state index is 15.4. The van der Waals surface area contributed by atoms with Gasteiger partial charge in [0.05, 0.1) is 39.3 Å². The van der Waals surface area contributed by atoms with Crippen LogP contribution in [-0.2, 0) is 16.4 Å². The standard InChI is InChI=1S/C22H15BrClFN4O3S/c1-33(30,31)29-18-4-2-3-16-19(27-28-21(16)18)9-13-5-6-17(23)22(20(13)25)32-15-8-12(11-26)7-14(24)10-15/h2-8,10,29H,9H2,1H3,(H,27,28). The number of aromatic nitrogens is 2. The van der Waals surface area contributed by atoms with E-state index >= 15 is 4.39 Å². The van der Waals surface area contributed by atoms with E-state index in [1.807, 2.05) is 6.07 Å². The Hall–Kier alpha value is -3.13. The van der Waals surface area contributed by atoms with Gasteiger partial charge in [-0.1, -0.05) is 29.8 Å². The van der Waals surface area contributed by atoms with Crippen molar-refractivity contribution in [3.05, 3.63) is 80.7 Å². The number of para-hydroxylation sites is 1. The van der Waals surface area contributed by atoms with Crippen LogP contribution in [0.25, 0.3) is 10.9 Å². The first-order valence-corrected chi connectivity index (χ1v) is 12.5. The van der Waals surface area contributed by atoms with Crippen LogP contribution < -0.4 is 9.46 Å². The molecule has 4 aromatic rings. The summed E-state index contributed by atoms with van der Waals surface area (Å²) < 4.78 is 47.2. The van der Waals surface area contributed by atoms with E-state index in [2.05, 4.69) is 30.8 Å². The smallest absolute Gasteiger partial charge is 0.229 e. The average molecular weight is 550 g/mol. The zero-order valence-electron chi connectivity index (χ0n) is 17.0. The minimum absolute atomic E-state index is 0.0575. The quantitative estimate of drug-likeness (QED) is 0.319. The highest BCUT2D eigenvalue weighted by Gasteiger charge is 2.18. The molecule has 0 atom stereocenters. The summed E-state index contributed by atoms with van der Waals surface area (Å²) in [7, 11) is -3.48. The van der Waals surface area contributed by atoms with Gasteiger partial charge in [-0.2, -0.15) is 10.4 Å². The lowest BCUT2D eigenvalue weighted by molar-refractivity contribution is 0.436. The van der Waals surface area contributed by atoms with Crippen LogP contribution in [0.3, 0.4) is 0 Å². The number of aromatic amines is 1. The Balaban J connectivity index is 1.69. The number of anilines is 1. The number of benzene rings is 3. The largest absolute Gasteiger partial charge is 0.453 e. The molecule has 33 heavy (non-hydrogen) atoms. The predicted molar refractivity (Wildman–Crippen MR) is 128 cm³/mol. The number of hydrogen-bond donors (Lipinski definition) is 2. The normalized spacial score (nSPS) is 11.4. The second kappa shape index (κ2) is 9.02. The minimum Gasteiger partial charge on any atom is -0.453 e. The third-order valence-corrected chi connectivity index (χ3v) is 6.11. The van der Waals surface area contributed by atoms with Crippen LogP contribution in [0, 0.1) is 17.1 Å². The fourth-order valence-electron chi connectivity index (χ4n) is 3.30. The number of nitrogens with one attached hydrogen (secondary N) is 2. The summed E-state index contributed by atoms with van der Waals surface area (Å²) in [6.45, 7) is 0. The second-order valence-electron chi connectivity index (χ2n) is 7.19. The van der Waals surface area contributed by atoms with Gasteiger partial charge in [-0.25, -0.2) is 12.8 Å². The molecule has 0 fully saturated rings. The summed E-state index contributed by atoms with van der Waals surface area (Å²) in [4.78, 5) is 0. The van der Waals surface area contributed by atoms with Crippen LogP contribution in [-0.4, -0.2) is 24.9 Å². The molecule has 0 amide bonds. The van der Waals surface area contributed by atoms with Gasteiger partial charge in [-0.15, -0.1) is 0 Å². The number of nitriles is 1. The van der Waals surface area contributed by atoms with E-state index in [4.69, 9.17) is 21.6 Å². The van der Waals surface area contributed by atoms with Crippen LogP contribution in [0.15, 0.2) is 53.0 Å². The Kier molecular flexibility index (Phi) is 6.30. The van der Waals surface area contributed by atoms with Crippen molar-refractivity contribution in [3.63, 3.8) is 0 Å². The lowest BCUT2D eigenvalue weighted by Crippen LogP contribution is -2.09. The summed E-state index contributed by atoms with van der Waals surface area (Å²) in [5.74, 6) is -0.445. The summed E-state index contributed by atoms with van der Waals surface area (Å²) in [5.41, 5.74) is 1.97. The number of ether oxygens (including phenoxy) is 1. The molecule has 0 unspecified atom stereocenters. The number of fused-ring (bicyclic) bond motifs is 1. The molecule has 3 aromatic carbocycles. The molecule has 2 N–H and O–H groups in total. The molecule has 0 aliphatic heterocycles. The van der Waals surface area contributed by atoms with E-state index in [1.165, 1.54) is 18.2 Å². The van der Waals surface area contributed by atoms with Crippen molar-refractivity contribution < 1.29 is 17.5 Å². The van der Waals surface area contributed by atoms with E-state index in [0.717, 1.165) is 6.26 Å². The fraction of sp³-hybridized carbons (Fsp3) is 0.0909. The molecule has 1 heterocycles. The first-order valence-electron chi connectivity index (χ1n) is 9.44. The molecule has 7 nitrogen and oxygen atoms in total. The summed E-state index contributed by atoms with van der Waals surface area (Å²) in [6, 6.07) is 14.7. The molecule has 0 saturated heterocycles. The Labute approximate surface area is 202 Å². The average Bonchev–Trinajstić information content (AvgIpc) is 3.15. The Morgan fingerprint density at radius 3 is 2.79 bits per heavy atom. The molecule has 4 rings (SSSR count). The van der Waals surface area contributed by atoms with Crippen molar-refractivity contribution >= 4 is 54.1 Å². The van der Waals surface area contributed by atoms with Crippen LogP contribution in [0.1, 0.15) is 16.8 Å². The molecule has 0 saturated carbocycles. The van der Waals surface area contributed by atoms with E-state index in [0.29, 0.717) is 37.3 Å². The molecule has 1 aromatic heterocycles. The number of rotatable bonds is 6. The van der Waals surface area contributed by atoms with Gasteiger partial charge in [0, 0.05) is 16.8 Å². The first-order chi connectivity index (χ1) is 15.6. The molecule has 0 radical (unpaired) electrons. The second-order valence-corrected chi connectivity index (χ2v) is 10.2. The van der Waals surface area contributed by atoms with E-state index < -0.39 is 15.8 Å². The molecule has 168 valence electrons. The summed E-state index contributed by atoms with van der Waals surface area (Å²) in [6.07, 6.45) is 1.18. The van der Waals surface area contributed by atoms with Crippen LogP contribution >= 0.6 is 27.5 Å². The predicted octanol–water partition coefficient (Wildman–Crippen LogP) is 5.74. The molecule has 0 aliphatic rings. The molecule has 0 bridgehead atoms. The van der Waals surface area contributed by atoms with Gasteiger partial charge < -0.3 is 4.74 Å². The zero-order chi connectivity index (χ0) is 23.8. The maximum Gasteiger partial charge on any atom is 0.229 e. The monoisotopic (exact) mass is 548 g/mol. The maximum atomic E-state index is 15.4. The van der Waals surface area contributed by atoms with Crippen molar-refractivity contribution in [2.75, 3.05) is 11.0 Å². The zero-order valence-corrected chi connectivity index (χ0v) is 20.1. The molecule has 0 aliphatic carbocycles. The Morgan fingerprint density at radius 1 is 1.27 bits per heavy atom. The van der Waals surface area contributed by atoms with Gasteiger partial charge in [-0.05, 0) is 51.8 Å². The minimum atomic E-state index is -3.48. The lowest BCUT2D eigenvalue weighted by Gasteiger charge is -2.12. The van der Waals surface area contributed by atoms with E-state index in [9.17, 15) is 8.42 Å². The van der Waals surface area contributed by atoms with Crippen molar-refractivity contribution in [1.82, 2.24) is 10.2 Å². The highest BCUT2D eigenvalue weighted by Crippen LogP contribution is 2.36. The van der Waals surface area contributed by atoms with E-state index in [1.54, 1.807) is 30.3 Å². The molecule has 0 spiro atoms. The Bertz CT molecular complexity index is 1530. The topological polar surface area (TPSA) is 108 Å². The van der Waals surface area contributed by atoms with Crippen molar-refractivity contribution in [3.8, 4) is 17.6 Å². The van der Waals surface area contributed by atoms with Gasteiger partial charge in [-0.3, -0.25) is 9.82 Å². The molecular formula is C22H15BrClFN4O3S. The first kappa shape index (κ1) is 23.0. The third-order valence-electron chi connectivity index (χ3n) is 4.68. The van der Waals surface area contributed by atoms with E-state index in [-0.39, 0.29) is 23.5 Å². The van der Waals surface area contributed by atoms with Gasteiger partial charge >= 0.3 is 0 Å². The number of H-pyrrole nitrogens is 1. The lowest BCUT2D eigenvalue weighted by atomic mass is 10.1. The number of sulfonamides is 1. The van der Waals surface area contributed by atoms with Gasteiger partial charge in [0.1, 0.15) is 5.75 Å². The van der Waals surface area contributed by atoms with Gasteiger partial charge in [0.15, 0.2) is 11.6 Å². The highest BCUT2D eigenvalue weighted by molar-refractivity contribution is 9.10. The van der Waals surface area contributed by atoms with Crippen LogP contribution in [0.5, 0.6) is 11.5 Å². The molecular weight excluding hydrogens is 535 g/mol. The number of nitrogens with zero attached hydrogens (tertiary/aromatic N) is 2. The van der Waals surface area contributed by atoms with Crippen molar-refractivity contribution in [2.45, 2.75) is 6.42 Å². The molecule has 11 heteroatoms. The number of hydrogen-bond acceptors (Lipinski definition) is 5. The van der Waals surface area contributed by atoms with Crippen molar-refractivity contribution in [1.29, 1.82) is 5.26 Å². The SMILES string of the molecule is CS(=O)(=O)Nc1cccc2c(Cc3ccc(Br)c(Oc4cc(Cl)cc(C#N)c4)c3F)n[nH]c12. The van der Waals surface area contributed by atoms with Crippen LogP contribution in [0.4, 0.5) is 10.1 Å². The fourth-order valence-corrected chi connectivity index (χ4v) is 4.49. The third kappa shape index (κ3) is 5.11. The number of halogens is 3. The Morgan fingerprint density at radius 2 is 2.06 bits per heavy atom.